The highest BCUT2D eigenvalue weighted by Crippen LogP contribution is 2.63. The Morgan fingerprint density at radius 1 is 1.26 bits per heavy atom. The van der Waals surface area contributed by atoms with Gasteiger partial charge in [-0.2, -0.15) is 0 Å². The van der Waals surface area contributed by atoms with Crippen LogP contribution in [0.1, 0.15) is 45.6 Å². The standard InChI is InChI=1S/C17H25NO/c1-16(2)13-8-9-17(3,10-13)15(16)18-14-7-5-4-6-12(14)11-19/h4-7,13,15,18-19H,8-11H2,1-3H3. The van der Waals surface area contributed by atoms with E-state index in [1.807, 2.05) is 18.2 Å². The second-order valence-electron chi connectivity index (χ2n) is 7.31. The van der Waals surface area contributed by atoms with E-state index in [2.05, 4.69) is 32.2 Å². The molecule has 0 radical (unpaired) electrons. The van der Waals surface area contributed by atoms with E-state index in [9.17, 15) is 5.11 Å². The summed E-state index contributed by atoms with van der Waals surface area (Å²) >= 11 is 0. The second-order valence-corrected chi connectivity index (χ2v) is 7.31. The van der Waals surface area contributed by atoms with E-state index in [0.717, 1.165) is 17.2 Å². The summed E-state index contributed by atoms with van der Waals surface area (Å²) in [7, 11) is 0. The molecule has 1 aromatic rings. The van der Waals surface area contributed by atoms with Crippen LogP contribution in [0.25, 0.3) is 0 Å². The molecule has 2 aliphatic rings. The first-order valence-electron chi connectivity index (χ1n) is 7.43. The molecule has 3 rings (SSSR count). The van der Waals surface area contributed by atoms with Gasteiger partial charge >= 0.3 is 0 Å². The fraction of sp³-hybridized carbons (Fsp3) is 0.647. The zero-order valence-electron chi connectivity index (χ0n) is 12.2. The number of hydrogen-bond donors (Lipinski definition) is 2. The number of aliphatic hydroxyl groups is 1. The summed E-state index contributed by atoms with van der Waals surface area (Å²) in [5.41, 5.74) is 2.87. The molecule has 2 heteroatoms. The second kappa shape index (κ2) is 4.24. The van der Waals surface area contributed by atoms with Crippen molar-refractivity contribution in [2.45, 2.75) is 52.7 Å². The Kier molecular flexibility index (Phi) is 2.90. The van der Waals surface area contributed by atoms with Crippen molar-refractivity contribution >= 4 is 5.69 Å². The van der Waals surface area contributed by atoms with Gasteiger partial charge in [0.15, 0.2) is 0 Å². The first-order valence-corrected chi connectivity index (χ1v) is 7.43. The summed E-state index contributed by atoms with van der Waals surface area (Å²) < 4.78 is 0. The number of aliphatic hydroxyl groups excluding tert-OH is 1. The lowest BCUT2D eigenvalue weighted by Gasteiger charge is -2.44. The molecule has 2 bridgehead atoms. The summed E-state index contributed by atoms with van der Waals surface area (Å²) in [5, 5.41) is 13.2. The largest absolute Gasteiger partial charge is 0.392 e. The molecule has 19 heavy (non-hydrogen) atoms. The van der Waals surface area contributed by atoms with Crippen molar-refractivity contribution < 1.29 is 5.11 Å². The third-order valence-electron chi connectivity index (χ3n) is 5.76. The quantitative estimate of drug-likeness (QED) is 0.865. The van der Waals surface area contributed by atoms with Crippen LogP contribution in [-0.4, -0.2) is 11.1 Å². The van der Waals surface area contributed by atoms with Gasteiger partial charge in [-0.3, -0.25) is 0 Å². The zero-order chi connectivity index (χ0) is 13.7. The van der Waals surface area contributed by atoms with Crippen molar-refractivity contribution in [3.05, 3.63) is 29.8 Å². The maximum absolute atomic E-state index is 9.48. The van der Waals surface area contributed by atoms with Crippen molar-refractivity contribution in [3.63, 3.8) is 0 Å². The van der Waals surface area contributed by atoms with Gasteiger partial charge in [-0.05, 0) is 42.1 Å². The maximum atomic E-state index is 9.48. The molecule has 0 aliphatic heterocycles. The molecule has 2 saturated carbocycles. The number of fused-ring (bicyclic) bond motifs is 2. The predicted molar refractivity (Wildman–Crippen MR) is 79.0 cm³/mol. The molecule has 0 amide bonds. The molecule has 3 atom stereocenters. The molecular weight excluding hydrogens is 234 g/mol. The monoisotopic (exact) mass is 259 g/mol. The highest BCUT2D eigenvalue weighted by molar-refractivity contribution is 5.52. The zero-order valence-corrected chi connectivity index (χ0v) is 12.2. The van der Waals surface area contributed by atoms with Crippen LogP contribution >= 0.6 is 0 Å². The van der Waals surface area contributed by atoms with E-state index >= 15 is 0 Å². The van der Waals surface area contributed by atoms with Crippen molar-refractivity contribution in [3.8, 4) is 0 Å². The average Bonchev–Trinajstić information content (AvgIpc) is 2.86. The Bertz CT molecular complexity index is 477. The van der Waals surface area contributed by atoms with Crippen molar-refractivity contribution in [1.29, 1.82) is 0 Å². The number of anilines is 1. The lowest BCUT2D eigenvalue weighted by Crippen LogP contribution is -2.45. The SMILES string of the molecule is CC12CCC(C1)C(C)(C)C2Nc1ccccc1CO. The van der Waals surface area contributed by atoms with Gasteiger partial charge in [0, 0.05) is 17.3 Å². The topological polar surface area (TPSA) is 32.3 Å². The molecule has 0 saturated heterocycles. The van der Waals surface area contributed by atoms with Crippen molar-refractivity contribution in [2.24, 2.45) is 16.7 Å². The molecule has 1 aromatic carbocycles. The molecular formula is C17H25NO. The van der Waals surface area contributed by atoms with E-state index in [1.54, 1.807) is 0 Å². The molecule has 0 aromatic heterocycles. The van der Waals surface area contributed by atoms with E-state index in [-0.39, 0.29) is 6.61 Å². The van der Waals surface area contributed by atoms with Crippen LogP contribution in [-0.2, 0) is 6.61 Å². The van der Waals surface area contributed by atoms with Crippen LogP contribution < -0.4 is 5.32 Å². The van der Waals surface area contributed by atoms with Gasteiger partial charge in [0.1, 0.15) is 0 Å². The van der Waals surface area contributed by atoms with Gasteiger partial charge in [-0.15, -0.1) is 0 Å². The predicted octanol–water partition coefficient (Wildman–Crippen LogP) is 3.81. The Morgan fingerprint density at radius 3 is 2.63 bits per heavy atom. The minimum atomic E-state index is 0.108. The van der Waals surface area contributed by atoms with Crippen molar-refractivity contribution in [1.82, 2.24) is 0 Å². The Morgan fingerprint density at radius 2 is 2.00 bits per heavy atom. The van der Waals surface area contributed by atoms with Crippen LogP contribution in [0.2, 0.25) is 0 Å². The minimum Gasteiger partial charge on any atom is -0.392 e. The molecule has 104 valence electrons. The van der Waals surface area contributed by atoms with E-state index < -0.39 is 0 Å². The molecule has 2 nitrogen and oxygen atoms in total. The molecule has 2 aliphatic carbocycles. The third-order valence-corrected chi connectivity index (χ3v) is 5.76. The van der Waals surface area contributed by atoms with Crippen LogP contribution in [0, 0.1) is 16.7 Å². The summed E-state index contributed by atoms with van der Waals surface area (Å²) in [5.74, 6) is 0.844. The van der Waals surface area contributed by atoms with Crippen LogP contribution in [0.4, 0.5) is 5.69 Å². The number of benzene rings is 1. The first kappa shape index (κ1) is 13.0. The fourth-order valence-electron chi connectivity index (χ4n) is 4.62. The van der Waals surface area contributed by atoms with Gasteiger partial charge in [-0.25, -0.2) is 0 Å². The Balaban J connectivity index is 1.90. The minimum absolute atomic E-state index is 0.108. The first-order chi connectivity index (χ1) is 8.97. The highest BCUT2D eigenvalue weighted by Gasteiger charge is 2.59. The van der Waals surface area contributed by atoms with Gasteiger partial charge in [-0.1, -0.05) is 39.0 Å². The summed E-state index contributed by atoms with van der Waals surface area (Å²) in [6.45, 7) is 7.35. The van der Waals surface area contributed by atoms with Crippen molar-refractivity contribution in [2.75, 3.05) is 5.32 Å². The van der Waals surface area contributed by atoms with Gasteiger partial charge in [0.25, 0.3) is 0 Å². The fourth-order valence-corrected chi connectivity index (χ4v) is 4.62. The summed E-state index contributed by atoms with van der Waals surface area (Å²) in [4.78, 5) is 0. The molecule has 3 unspecified atom stereocenters. The number of para-hydroxylation sites is 1. The normalized spacial score (nSPS) is 35.6. The highest BCUT2D eigenvalue weighted by atomic mass is 16.3. The lowest BCUT2D eigenvalue weighted by molar-refractivity contribution is 0.155. The summed E-state index contributed by atoms with van der Waals surface area (Å²) in [6, 6.07) is 8.64. The number of rotatable bonds is 3. The number of nitrogens with one attached hydrogen (secondary N) is 1. The van der Waals surface area contributed by atoms with Crippen LogP contribution in [0.15, 0.2) is 24.3 Å². The van der Waals surface area contributed by atoms with Crippen LogP contribution in [0.5, 0.6) is 0 Å². The Labute approximate surface area is 116 Å². The average molecular weight is 259 g/mol. The van der Waals surface area contributed by atoms with Crippen LogP contribution in [0.3, 0.4) is 0 Å². The third kappa shape index (κ3) is 1.88. The van der Waals surface area contributed by atoms with E-state index in [1.165, 1.54) is 19.3 Å². The van der Waals surface area contributed by atoms with E-state index in [4.69, 9.17) is 0 Å². The number of hydrogen-bond acceptors (Lipinski definition) is 2. The van der Waals surface area contributed by atoms with Gasteiger partial charge < -0.3 is 10.4 Å². The lowest BCUT2D eigenvalue weighted by atomic mass is 9.68. The maximum Gasteiger partial charge on any atom is 0.0701 e. The van der Waals surface area contributed by atoms with Gasteiger partial charge in [0.2, 0.25) is 0 Å². The molecule has 2 fully saturated rings. The smallest absolute Gasteiger partial charge is 0.0701 e. The Hall–Kier alpha value is -1.02. The summed E-state index contributed by atoms with van der Waals surface area (Å²) in [6.07, 6.45) is 4.06. The van der Waals surface area contributed by atoms with Gasteiger partial charge in [0.05, 0.1) is 6.61 Å². The molecule has 0 spiro atoms. The van der Waals surface area contributed by atoms with E-state index in [0.29, 0.717) is 16.9 Å². The molecule has 0 heterocycles. The molecule has 2 N–H and O–H groups in total.